The molecule has 2 N–H and O–H groups in total. The maximum absolute atomic E-state index is 11.4. The van der Waals surface area contributed by atoms with Gasteiger partial charge >= 0.3 is 0 Å². The quantitative estimate of drug-likeness (QED) is 0.665. The summed E-state index contributed by atoms with van der Waals surface area (Å²) < 4.78 is 0. The van der Waals surface area contributed by atoms with Crippen LogP contribution in [-0.2, 0) is 9.59 Å². The van der Waals surface area contributed by atoms with Gasteiger partial charge in [0.1, 0.15) is 0 Å². The standard InChI is InChI=1S/C10H19N3O3/c1-7(2)8(10(15)12-16)6-13(3)9(14)4-5-11/h7-8H,4-6,11H2,1-3H3. The molecule has 16 heavy (non-hydrogen) atoms. The van der Waals surface area contributed by atoms with E-state index < -0.39 is 11.8 Å². The number of rotatable bonds is 6. The van der Waals surface area contributed by atoms with Crippen molar-refractivity contribution < 1.29 is 9.59 Å². The Kier molecular flexibility index (Phi) is 6.48. The molecule has 92 valence electrons. The third-order valence-electron chi connectivity index (χ3n) is 2.47. The third-order valence-corrected chi connectivity index (χ3v) is 2.47. The summed E-state index contributed by atoms with van der Waals surface area (Å²) in [5.41, 5.74) is 5.26. The summed E-state index contributed by atoms with van der Waals surface area (Å²) in [6.07, 6.45) is 0.240. The zero-order chi connectivity index (χ0) is 12.7. The first-order valence-corrected chi connectivity index (χ1v) is 5.25. The largest absolute Gasteiger partial charge is 0.345 e. The molecule has 0 rings (SSSR count). The Morgan fingerprint density at radius 1 is 1.38 bits per heavy atom. The summed E-state index contributed by atoms with van der Waals surface area (Å²) in [6.45, 7) is 4.11. The Labute approximate surface area is 95.1 Å². The highest BCUT2D eigenvalue weighted by atomic mass is 16.3. The molecule has 0 aromatic carbocycles. The van der Waals surface area contributed by atoms with Crippen molar-refractivity contribution in [2.45, 2.75) is 20.3 Å². The minimum Gasteiger partial charge on any atom is -0.345 e. The number of hydrogen-bond donors (Lipinski definition) is 1. The fourth-order valence-corrected chi connectivity index (χ4v) is 1.35. The minimum atomic E-state index is -0.706. The number of nitroso groups, excluding NO2 is 1. The normalized spacial score (nSPS) is 12.3. The smallest absolute Gasteiger partial charge is 0.291 e. The molecule has 0 aliphatic carbocycles. The first-order valence-electron chi connectivity index (χ1n) is 5.25. The fourth-order valence-electron chi connectivity index (χ4n) is 1.35. The van der Waals surface area contributed by atoms with E-state index in [2.05, 4.69) is 5.18 Å². The predicted molar refractivity (Wildman–Crippen MR) is 60.4 cm³/mol. The van der Waals surface area contributed by atoms with Crippen molar-refractivity contribution in [2.24, 2.45) is 22.7 Å². The van der Waals surface area contributed by atoms with Gasteiger partial charge in [0.25, 0.3) is 5.91 Å². The topological polar surface area (TPSA) is 92.8 Å². The molecule has 2 amide bonds. The molecule has 1 unspecified atom stereocenters. The second kappa shape index (κ2) is 7.05. The number of nitrogens with zero attached hydrogens (tertiary/aromatic N) is 2. The zero-order valence-corrected chi connectivity index (χ0v) is 9.97. The van der Waals surface area contributed by atoms with Crippen LogP contribution in [0.2, 0.25) is 0 Å². The van der Waals surface area contributed by atoms with Crippen LogP contribution in [0.15, 0.2) is 5.18 Å². The van der Waals surface area contributed by atoms with E-state index in [4.69, 9.17) is 5.73 Å². The SMILES string of the molecule is CC(C)C(CN(C)C(=O)CCN)C(=O)N=O. The van der Waals surface area contributed by atoms with Gasteiger partial charge in [-0.1, -0.05) is 13.8 Å². The molecule has 6 heteroatoms. The van der Waals surface area contributed by atoms with Crippen molar-refractivity contribution in [1.82, 2.24) is 4.90 Å². The van der Waals surface area contributed by atoms with Crippen LogP contribution in [0.1, 0.15) is 20.3 Å². The number of amides is 2. The molecular weight excluding hydrogens is 210 g/mol. The van der Waals surface area contributed by atoms with E-state index in [0.717, 1.165) is 0 Å². The zero-order valence-electron chi connectivity index (χ0n) is 9.97. The van der Waals surface area contributed by atoms with E-state index >= 15 is 0 Å². The molecule has 1 atom stereocenters. The average molecular weight is 229 g/mol. The first-order chi connectivity index (χ1) is 7.43. The second-order valence-electron chi connectivity index (χ2n) is 4.09. The van der Waals surface area contributed by atoms with Crippen molar-refractivity contribution in [2.75, 3.05) is 20.1 Å². The molecule has 0 saturated carbocycles. The molecule has 0 fully saturated rings. The third kappa shape index (κ3) is 4.48. The van der Waals surface area contributed by atoms with Crippen LogP contribution < -0.4 is 5.73 Å². The van der Waals surface area contributed by atoms with Gasteiger partial charge in [-0.15, -0.1) is 4.91 Å². The van der Waals surface area contributed by atoms with E-state index in [0.29, 0.717) is 0 Å². The first kappa shape index (κ1) is 14.7. The van der Waals surface area contributed by atoms with Crippen molar-refractivity contribution in [3.8, 4) is 0 Å². The van der Waals surface area contributed by atoms with Gasteiger partial charge in [-0.25, -0.2) is 0 Å². The summed E-state index contributed by atoms with van der Waals surface area (Å²) >= 11 is 0. The van der Waals surface area contributed by atoms with Crippen LogP contribution in [0.3, 0.4) is 0 Å². The van der Waals surface area contributed by atoms with Gasteiger partial charge < -0.3 is 10.6 Å². The molecule has 0 aliphatic heterocycles. The summed E-state index contributed by atoms with van der Waals surface area (Å²) in [7, 11) is 1.59. The molecular formula is C10H19N3O3. The van der Waals surface area contributed by atoms with Crippen LogP contribution in [-0.4, -0.2) is 36.9 Å². The summed E-state index contributed by atoms with van der Waals surface area (Å²) in [5, 5.41) is 2.42. The van der Waals surface area contributed by atoms with Crippen molar-refractivity contribution in [3.05, 3.63) is 4.91 Å². The van der Waals surface area contributed by atoms with Crippen LogP contribution >= 0.6 is 0 Å². The molecule has 0 saturated heterocycles. The number of nitrogens with two attached hydrogens (primary N) is 1. The van der Waals surface area contributed by atoms with Crippen LogP contribution in [0.25, 0.3) is 0 Å². The van der Waals surface area contributed by atoms with Gasteiger partial charge in [0.2, 0.25) is 5.91 Å². The average Bonchev–Trinajstić information content (AvgIpc) is 2.24. The number of hydrogen-bond acceptors (Lipinski definition) is 4. The monoisotopic (exact) mass is 229 g/mol. The van der Waals surface area contributed by atoms with E-state index in [1.54, 1.807) is 7.05 Å². The Bertz CT molecular complexity index is 266. The van der Waals surface area contributed by atoms with Gasteiger partial charge in [0.15, 0.2) is 0 Å². The lowest BCUT2D eigenvalue weighted by molar-refractivity contribution is -0.132. The molecule has 0 aromatic heterocycles. The molecule has 0 radical (unpaired) electrons. The number of carbonyl (C=O) groups is 2. The Hall–Kier alpha value is -1.30. The molecule has 0 spiro atoms. The van der Waals surface area contributed by atoms with E-state index in [9.17, 15) is 14.5 Å². The lowest BCUT2D eigenvalue weighted by atomic mass is 9.94. The van der Waals surface area contributed by atoms with Crippen molar-refractivity contribution in [3.63, 3.8) is 0 Å². The van der Waals surface area contributed by atoms with Crippen LogP contribution in [0, 0.1) is 16.7 Å². The van der Waals surface area contributed by atoms with Crippen LogP contribution in [0.4, 0.5) is 0 Å². The molecule has 0 aromatic rings. The van der Waals surface area contributed by atoms with Gasteiger partial charge in [0.05, 0.1) is 5.92 Å². The number of carbonyl (C=O) groups excluding carboxylic acids is 2. The maximum atomic E-state index is 11.4. The summed E-state index contributed by atoms with van der Waals surface area (Å²) in [6, 6.07) is 0. The summed E-state index contributed by atoms with van der Waals surface area (Å²) in [5.74, 6) is -1.41. The summed E-state index contributed by atoms with van der Waals surface area (Å²) in [4.78, 5) is 34.3. The van der Waals surface area contributed by atoms with E-state index in [1.165, 1.54) is 4.90 Å². The van der Waals surface area contributed by atoms with Gasteiger partial charge in [-0.3, -0.25) is 9.59 Å². The minimum absolute atomic E-state index is 0.0293. The second-order valence-corrected chi connectivity index (χ2v) is 4.09. The lowest BCUT2D eigenvalue weighted by Crippen LogP contribution is -2.37. The van der Waals surface area contributed by atoms with Crippen LogP contribution in [0.5, 0.6) is 0 Å². The molecule has 6 nitrogen and oxygen atoms in total. The highest BCUT2D eigenvalue weighted by Crippen LogP contribution is 2.14. The maximum Gasteiger partial charge on any atom is 0.291 e. The fraction of sp³-hybridized carbons (Fsp3) is 0.800. The van der Waals surface area contributed by atoms with Gasteiger partial charge in [-0.05, 0) is 5.92 Å². The Balaban J connectivity index is 4.45. The lowest BCUT2D eigenvalue weighted by Gasteiger charge is -2.23. The highest BCUT2D eigenvalue weighted by molar-refractivity contribution is 5.81. The molecule has 0 heterocycles. The molecule has 0 bridgehead atoms. The highest BCUT2D eigenvalue weighted by Gasteiger charge is 2.25. The Morgan fingerprint density at radius 2 is 1.94 bits per heavy atom. The molecule has 0 aliphatic rings. The van der Waals surface area contributed by atoms with Gasteiger partial charge in [-0.2, -0.15) is 0 Å². The van der Waals surface area contributed by atoms with Crippen molar-refractivity contribution in [1.29, 1.82) is 0 Å². The predicted octanol–water partition coefficient (Wildman–Crippen LogP) is 0.359. The van der Waals surface area contributed by atoms with E-state index in [-0.39, 0.29) is 31.3 Å². The van der Waals surface area contributed by atoms with E-state index in [1.807, 2.05) is 13.8 Å². The van der Waals surface area contributed by atoms with Gasteiger partial charge in [0, 0.05) is 31.7 Å². The van der Waals surface area contributed by atoms with Crippen molar-refractivity contribution >= 4 is 11.8 Å². The Morgan fingerprint density at radius 3 is 2.31 bits per heavy atom.